The molecule has 1 unspecified atom stereocenters. The first-order valence-electron chi connectivity index (χ1n) is 10.6. The van der Waals surface area contributed by atoms with Crippen LogP contribution in [0.25, 0.3) is 21.9 Å². The molecule has 0 bridgehead atoms. The molecule has 0 aliphatic carbocycles. The molecule has 2 aromatic heterocycles. The molecular weight excluding hydrogens is 479 g/mol. The maximum atomic E-state index is 13.5. The van der Waals surface area contributed by atoms with Crippen LogP contribution in [0.15, 0.2) is 46.5 Å². The van der Waals surface area contributed by atoms with E-state index in [2.05, 4.69) is 19.9 Å². The summed E-state index contributed by atoms with van der Waals surface area (Å²) in [6.07, 6.45) is 0.204. The van der Waals surface area contributed by atoms with E-state index in [0.717, 1.165) is 21.5 Å². The molecule has 2 aromatic carbocycles. The van der Waals surface area contributed by atoms with Gasteiger partial charge in [0.05, 0.1) is 16.1 Å². The first-order chi connectivity index (χ1) is 16.5. The van der Waals surface area contributed by atoms with E-state index in [-0.39, 0.29) is 12.2 Å². The molecular formula is C23H19FN4O4S2. The number of fused-ring (bicyclic) bond motifs is 3. The second kappa shape index (κ2) is 8.24. The number of nitrogens with zero attached hydrogens (tertiary/aromatic N) is 2. The highest BCUT2D eigenvalue weighted by molar-refractivity contribution is 8.16. The molecule has 3 N–H and O–H groups in total. The number of nitrogens with one attached hydrogen (secondary N) is 2. The van der Waals surface area contributed by atoms with Crippen molar-refractivity contribution in [3.63, 3.8) is 0 Å². The molecule has 4 aromatic rings. The van der Waals surface area contributed by atoms with E-state index >= 15 is 0 Å². The van der Waals surface area contributed by atoms with Crippen molar-refractivity contribution in [2.24, 2.45) is 4.99 Å². The number of aromatic amines is 2. The van der Waals surface area contributed by atoms with Gasteiger partial charge in [0, 0.05) is 41.3 Å². The van der Waals surface area contributed by atoms with Crippen LogP contribution in [0.2, 0.25) is 0 Å². The predicted octanol–water partition coefficient (Wildman–Crippen LogP) is 4.26. The summed E-state index contributed by atoms with van der Waals surface area (Å²) in [4.78, 5) is 27.8. The number of aliphatic carboxylic acids is 1. The van der Waals surface area contributed by atoms with E-state index in [0.29, 0.717) is 52.6 Å². The number of ether oxygens (including phenoxy) is 2. The fourth-order valence-corrected chi connectivity index (χ4v) is 6.26. The molecule has 1 atom stereocenters. The quantitative estimate of drug-likeness (QED) is 0.341. The van der Waals surface area contributed by atoms with Crippen LogP contribution in [-0.2, 0) is 11.2 Å². The molecule has 6 rings (SSSR count). The topological polar surface area (TPSA) is 113 Å². The number of benzene rings is 2. The number of hydrogen-bond donors (Lipinski definition) is 3. The number of aliphatic imine (C=N–C) groups is 1. The molecule has 0 saturated heterocycles. The number of thioether (sulfide) groups is 2. The standard InChI is InChI=1S/C23H19FN4O4S2/c24-13-2-1-12-5-14(25-15(12)6-13)9-23(21(29)30)11-34-20(28-23)10-33-22-26-16-7-18-19(8-17(16)27-22)32-4-3-31-18/h1-2,5-8,25H,3-4,9-11H2,(H,26,27)(H,29,30). The van der Waals surface area contributed by atoms with Crippen LogP contribution >= 0.6 is 23.5 Å². The van der Waals surface area contributed by atoms with Crippen molar-refractivity contribution in [2.45, 2.75) is 17.1 Å². The van der Waals surface area contributed by atoms with Crippen molar-refractivity contribution in [1.82, 2.24) is 15.0 Å². The Hall–Kier alpha value is -3.18. The molecule has 174 valence electrons. The molecule has 4 heterocycles. The smallest absolute Gasteiger partial charge is 0.332 e. The molecule has 0 amide bonds. The van der Waals surface area contributed by atoms with E-state index in [9.17, 15) is 14.3 Å². The third-order valence-electron chi connectivity index (χ3n) is 5.79. The summed E-state index contributed by atoms with van der Waals surface area (Å²) in [6.45, 7) is 1.04. The average Bonchev–Trinajstić information content (AvgIpc) is 3.52. The van der Waals surface area contributed by atoms with Gasteiger partial charge in [-0.1, -0.05) is 11.8 Å². The van der Waals surface area contributed by atoms with Gasteiger partial charge < -0.3 is 24.5 Å². The van der Waals surface area contributed by atoms with Crippen molar-refractivity contribution >= 4 is 56.5 Å². The normalized spacial score (nSPS) is 19.6. The minimum absolute atomic E-state index is 0.204. The van der Waals surface area contributed by atoms with Gasteiger partial charge >= 0.3 is 5.97 Å². The third-order valence-corrected chi connectivity index (χ3v) is 8.05. The van der Waals surface area contributed by atoms with Gasteiger partial charge in [-0.25, -0.2) is 14.2 Å². The van der Waals surface area contributed by atoms with Gasteiger partial charge in [-0.05, 0) is 29.7 Å². The molecule has 0 radical (unpaired) electrons. The fourth-order valence-electron chi connectivity index (χ4n) is 4.15. The zero-order chi connectivity index (χ0) is 23.3. The van der Waals surface area contributed by atoms with Gasteiger partial charge in [-0.3, -0.25) is 4.99 Å². The van der Waals surface area contributed by atoms with Crippen LogP contribution < -0.4 is 9.47 Å². The van der Waals surface area contributed by atoms with Crippen molar-refractivity contribution in [2.75, 3.05) is 24.7 Å². The van der Waals surface area contributed by atoms with Crippen LogP contribution in [0, 0.1) is 5.82 Å². The largest absolute Gasteiger partial charge is 0.486 e. The molecule has 8 nitrogen and oxygen atoms in total. The highest BCUT2D eigenvalue weighted by Gasteiger charge is 2.43. The van der Waals surface area contributed by atoms with Crippen molar-refractivity contribution in [1.29, 1.82) is 0 Å². The maximum Gasteiger partial charge on any atom is 0.332 e. The zero-order valence-corrected chi connectivity index (χ0v) is 19.4. The first kappa shape index (κ1) is 21.4. The van der Waals surface area contributed by atoms with Gasteiger partial charge in [0.25, 0.3) is 0 Å². The van der Waals surface area contributed by atoms with Crippen LogP contribution in [0.4, 0.5) is 4.39 Å². The third kappa shape index (κ3) is 3.88. The number of carbonyl (C=O) groups is 1. The number of aromatic nitrogens is 3. The minimum atomic E-state index is -1.26. The van der Waals surface area contributed by atoms with Gasteiger partial charge in [0.1, 0.15) is 19.0 Å². The molecule has 2 aliphatic rings. The summed E-state index contributed by atoms with van der Waals surface area (Å²) in [5.74, 6) is 0.907. The van der Waals surface area contributed by atoms with Crippen molar-refractivity contribution < 1.29 is 23.8 Å². The minimum Gasteiger partial charge on any atom is -0.486 e. The summed E-state index contributed by atoms with van der Waals surface area (Å²) in [5, 5.41) is 12.3. The van der Waals surface area contributed by atoms with E-state index in [1.165, 1.54) is 35.7 Å². The highest BCUT2D eigenvalue weighted by atomic mass is 32.2. The fraction of sp³-hybridized carbons (Fsp3) is 0.261. The molecule has 34 heavy (non-hydrogen) atoms. The number of carboxylic acids is 1. The molecule has 0 fully saturated rings. The summed E-state index contributed by atoms with van der Waals surface area (Å²) < 4.78 is 24.8. The van der Waals surface area contributed by atoms with Crippen LogP contribution in [-0.4, -0.2) is 61.3 Å². The van der Waals surface area contributed by atoms with Crippen molar-refractivity contribution in [3.05, 3.63) is 47.9 Å². The lowest BCUT2D eigenvalue weighted by molar-refractivity contribution is -0.142. The van der Waals surface area contributed by atoms with E-state index in [4.69, 9.17) is 9.47 Å². The Kier molecular flexibility index (Phi) is 5.18. The van der Waals surface area contributed by atoms with Crippen LogP contribution in [0.3, 0.4) is 0 Å². The van der Waals surface area contributed by atoms with Crippen LogP contribution in [0.5, 0.6) is 11.5 Å². The SMILES string of the molecule is O=C(O)C1(Cc2cc3ccc(F)cc3[nH]2)CSC(CSc2nc3cc4c(cc3[nH]2)OCCO4)=N1. The Bertz CT molecular complexity index is 1420. The Morgan fingerprint density at radius 2 is 1.97 bits per heavy atom. The van der Waals surface area contributed by atoms with Gasteiger partial charge in [0.2, 0.25) is 0 Å². The molecule has 2 aliphatic heterocycles. The highest BCUT2D eigenvalue weighted by Crippen LogP contribution is 2.36. The van der Waals surface area contributed by atoms with Gasteiger partial charge in [0.15, 0.2) is 22.2 Å². The lowest BCUT2D eigenvalue weighted by atomic mass is 9.96. The number of rotatable bonds is 6. The van der Waals surface area contributed by atoms with Gasteiger partial charge in [-0.2, -0.15) is 0 Å². The molecule has 0 spiro atoms. The number of hydrogen-bond acceptors (Lipinski definition) is 7. The number of H-pyrrole nitrogens is 2. The van der Waals surface area contributed by atoms with Crippen LogP contribution in [0.1, 0.15) is 5.69 Å². The van der Waals surface area contributed by atoms with Crippen molar-refractivity contribution in [3.8, 4) is 11.5 Å². The summed E-state index contributed by atoms with van der Waals surface area (Å²) in [5.41, 5.74) is 1.72. The molecule has 11 heteroatoms. The second-order valence-corrected chi connectivity index (χ2v) is 10.2. The van der Waals surface area contributed by atoms with E-state index in [1.807, 2.05) is 18.2 Å². The summed E-state index contributed by atoms with van der Waals surface area (Å²) >= 11 is 2.91. The average molecular weight is 499 g/mol. The molecule has 0 saturated carbocycles. The lowest BCUT2D eigenvalue weighted by Crippen LogP contribution is -2.39. The number of imidazole rings is 1. The number of carboxylic acid groups (broad SMARTS) is 1. The monoisotopic (exact) mass is 498 g/mol. The number of halogens is 1. The first-order valence-corrected chi connectivity index (χ1v) is 12.6. The Morgan fingerprint density at radius 1 is 1.15 bits per heavy atom. The second-order valence-electron chi connectivity index (χ2n) is 8.18. The summed E-state index contributed by atoms with van der Waals surface area (Å²) in [7, 11) is 0. The Labute approximate surface area is 201 Å². The summed E-state index contributed by atoms with van der Waals surface area (Å²) in [6, 6.07) is 10.1. The zero-order valence-electron chi connectivity index (χ0n) is 17.8. The van der Waals surface area contributed by atoms with Gasteiger partial charge in [-0.15, -0.1) is 11.8 Å². The maximum absolute atomic E-state index is 13.5. The van der Waals surface area contributed by atoms with E-state index in [1.54, 1.807) is 6.07 Å². The Morgan fingerprint density at radius 3 is 2.79 bits per heavy atom. The Balaban J connectivity index is 1.19. The van der Waals surface area contributed by atoms with E-state index < -0.39 is 11.5 Å². The lowest BCUT2D eigenvalue weighted by Gasteiger charge is -2.19. The predicted molar refractivity (Wildman–Crippen MR) is 130 cm³/mol.